The number of carbonyl (C=O) groups is 3. The summed E-state index contributed by atoms with van der Waals surface area (Å²) in [6, 6.07) is 12.4. The number of rotatable bonds is 7. The van der Waals surface area contributed by atoms with E-state index < -0.39 is 17.9 Å². The summed E-state index contributed by atoms with van der Waals surface area (Å²) in [5.74, 6) is -0.951. The van der Waals surface area contributed by atoms with Gasteiger partial charge in [-0.1, -0.05) is 29.8 Å². The van der Waals surface area contributed by atoms with E-state index in [2.05, 4.69) is 16.2 Å². The largest absolute Gasteiger partial charge is 0.479 e. The Labute approximate surface area is 174 Å². The van der Waals surface area contributed by atoms with Crippen LogP contribution in [-0.4, -0.2) is 23.8 Å². The Kier molecular flexibility index (Phi) is 8.03. The van der Waals surface area contributed by atoms with Crippen molar-refractivity contribution in [2.75, 3.05) is 5.32 Å². The Morgan fingerprint density at radius 2 is 1.66 bits per heavy atom. The third-order valence-corrected chi connectivity index (χ3v) is 4.52. The SMILES string of the molecule is Cc1ccc(NC(=O)CCC(=O)NNC(=O)C(C)Oc2ccccc2Cl)cc1C. The fraction of sp³-hybridized carbons (Fsp3) is 0.286. The van der Waals surface area contributed by atoms with Crippen molar-refractivity contribution in [3.63, 3.8) is 0 Å². The fourth-order valence-electron chi connectivity index (χ4n) is 2.35. The lowest BCUT2D eigenvalue weighted by atomic mass is 10.1. The first-order chi connectivity index (χ1) is 13.8. The van der Waals surface area contributed by atoms with Gasteiger partial charge in [-0.2, -0.15) is 0 Å². The van der Waals surface area contributed by atoms with Crippen LogP contribution in [0.5, 0.6) is 5.75 Å². The van der Waals surface area contributed by atoms with Gasteiger partial charge < -0.3 is 10.1 Å². The fourth-order valence-corrected chi connectivity index (χ4v) is 2.53. The predicted molar refractivity (Wildman–Crippen MR) is 112 cm³/mol. The van der Waals surface area contributed by atoms with Gasteiger partial charge in [0, 0.05) is 18.5 Å². The van der Waals surface area contributed by atoms with E-state index in [1.165, 1.54) is 6.92 Å². The standard InChI is InChI=1S/C21H24ClN3O4/c1-13-8-9-16(12-14(13)2)23-19(26)10-11-20(27)24-25-21(28)15(3)29-18-7-5-4-6-17(18)22/h4-9,12,15H,10-11H2,1-3H3,(H,23,26)(H,24,27)(H,25,28). The average molecular weight is 418 g/mol. The van der Waals surface area contributed by atoms with Crippen LogP contribution >= 0.6 is 11.6 Å². The second kappa shape index (κ2) is 10.5. The minimum atomic E-state index is -0.872. The van der Waals surface area contributed by atoms with Gasteiger partial charge in [-0.05, 0) is 56.2 Å². The first-order valence-corrected chi connectivity index (χ1v) is 9.51. The zero-order chi connectivity index (χ0) is 21.4. The molecule has 8 heteroatoms. The third-order valence-electron chi connectivity index (χ3n) is 4.20. The van der Waals surface area contributed by atoms with Crippen molar-refractivity contribution in [1.82, 2.24) is 10.9 Å². The number of anilines is 1. The maximum Gasteiger partial charge on any atom is 0.279 e. The highest BCUT2D eigenvalue weighted by Crippen LogP contribution is 2.24. The molecule has 0 saturated heterocycles. The Balaban J connectivity index is 1.71. The summed E-state index contributed by atoms with van der Waals surface area (Å²) in [6.45, 7) is 5.47. The van der Waals surface area contributed by atoms with Gasteiger partial charge in [-0.25, -0.2) is 0 Å². The number of ether oxygens (including phenoxy) is 1. The van der Waals surface area contributed by atoms with Crippen LogP contribution in [0.3, 0.4) is 0 Å². The first-order valence-electron chi connectivity index (χ1n) is 9.13. The van der Waals surface area contributed by atoms with Gasteiger partial charge in [0.25, 0.3) is 5.91 Å². The molecule has 2 aromatic carbocycles. The summed E-state index contributed by atoms with van der Waals surface area (Å²) in [6.07, 6.45) is -0.958. The van der Waals surface area contributed by atoms with Crippen molar-refractivity contribution >= 4 is 35.0 Å². The van der Waals surface area contributed by atoms with Crippen LogP contribution in [0.1, 0.15) is 30.9 Å². The molecule has 0 radical (unpaired) electrons. The molecule has 3 amide bonds. The molecule has 2 rings (SSSR count). The number of benzene rings is 2. The molecule has 7 nitrogen and oxygen atoms in total. The lowest BCUT2D eigenvalue weighted by Crippen LogP contribution is -2.47. The number of hydrogen-bond acceptors (Lipinski definition) is 4. The lowest BCUT2D eigenvalue weighted by molar-refractivity contribution is -0.133. The quantitative estimate of drug-likeness (QED) is 0.602. The average Bonchev–Trinajstić information content (AvgIpc) is 2.69. The van der Waals surface area contributed by atoms with E-state index in [0.29, 0.717) is 16.5 Å². The van der Waals surface area contributed by atoms with Crippen molar-refractivity contribution in [1.29, 1.82) is 0 Å². The van der Waals surface area contributed by atoms with Crippen molar-refractivity contribution in [2.24, 2.45) is 0 Å². The summed E-state index contributed by atoms with van der Waals surface area (Å²) in [5.41, 5.74) is 7.41. The smallest absolute Gasteiger partial charge is 0.279 e. The number of hydrazine groups is 1. The molecule has 0 fully saturated rings. The van der Waals surface area contributed by atoms with Gasteiger partial charge in [-0.3, -0.25) is 25.2 Å². The number of para-hydroxylation sites is 1. The Morgan fingerprint density at radius 1 is 0.966 bits per heavy atom. The molecule has 0 aliphatic carbocycles. The van der Waals surface area contributed by atoms with E-state index in [-0.39, 0.29) is 18.7 Å². The summed E-state index contributed by atoms with van der Waals surface area (Å²) >= 11 is 5.98. The van der Waals surface area contributed by atoms with Crippen LogP contribution in [0.4, 0.5) is 5.69 Å². The van der Waals surface area contributed by atoms with Gasteiger partial charge >= 0.3 is 0 Å². The Hall–Kier alpha value is -3.06. The summed E-state index contributed by atoms with van der Waals surface area (Å²) < 4.78 is 5.46. The molecule has 0 aliphatic rings. The van der Waals surface area contributed by atoms with E-state index >= 15 is 0 Å². The van der Waals surface area contributed by atoms with Gasteiger partial charge in [0.05, 0.1) is 5.02 Å². The molecule has 0 spiro atoms. The third kappa shape index (κ3) is 7.12. The molecule has 2 aromatic rings. The van der Waals surface area contributed by atoms with Crippen LogP contribution in [0.2, 0.25) is 5.02 Å². The molecular formula is C21H24ClN3O4. The van der Waals surface area contributed by atoms with Crippen LogP contribution in [0.15, 0.2) is 42.5 Å². The van der Waals surface area contributed by atoms with Crippen LogP contribution in [-0.2, 0) is 14.4 Å². The van der Waals surface area contributed by atoms with Crippen LogP contribution < -0.4 is 20.9 Å². The molecular weight excluding hydrogens is 394 g/mol. The summed E-state index contributed by atoms with van der Waals surface area (Å²) in [4.78, 5) is 35.9. The molecule has 0 aromatic heterocycles. The Morgan fingerprint density at radius 3 is 2.34 bits per heavy atom. The lowest BCUT2D eigenvalue weighted by Gasteiger charge is -2.16. The van der Waals surface area contributed by atoms with Crippen LogP contribution in [0, 0.1) is 13.8 Å². The van der Waals surface area contributed by atoms with E-state index in [0.717, 1.165) is 11.1 Å². The second-order valence-electron chi connectivity index (χ2n) is 6.58. The molecule has 154 valence electrons. The van der Waals surface area contributed by atoms with Crippen molar-refractivity contribution < 1.29 is 19.1 Å². The van der Waals surface area contributed by atoms with Crippen molar-refractivity contribution in [2.45, 2.75) is 39.7 Å². The number of hydrogen-bond donors (Lipinski definition) is 3. The molecule has 1 unspecified atom stereocenters. The molecule has 1 atom stereocenters. The second-order valence-corrected chi connectivity index (χ2v) is 6.98. The zero-order valence-corrected chi connectivity index (χ0v) is 17.3. The normalized spacial score (nSPS) is 11.3. The molecule has 0 saturated carbocycles. The highest BCUT2D eigenvalue weighted by molar-refractivity contribution is 6.32. The molecule has 0 heterocycles. The molecule has 0 bridgehead atoms. The number of aryl methyl sites for hydroxylation is 2. The number of nitrogens with one attached hydrogen (secondary N) is 3. The summed E-state index contributed by atoms with van der Waals surface area (Å²) in [7, 11) is 0. The maximum atomic E-state index is 12.0. The number of carbonyl (C=O) groups excluding carboxylic acids is 3. The van der Waals surface area contributed by atoms with Crippen molar-refractivity contribution in [3.05, 3.63) is 58.6 Å². The minimum Gasteiger partial charge on any atom is -0.479 e. The zero-order valence-electron chi connectivity index (χ0n) is 16.5. The topological polar surface area (TPSA) is 96.5 Å². The number of amides is 3. The highest BCUT2D eigenvalue weighted by atomic mass is 35.5. The summed E-state index contributed by atoms with van der Waals surface area (Å²) in [5, 5.41) is 3.12. The van der Waals surface area contributed by atoms with E-state index in [9.17, 15) is 14.4 Å². The predicted octanol–water partition coefficient (Wildman–Crippen LogP) is 3.29. The van der Waals surface area contributed by atoms with E-state index in [1.54, 1.807) is 30.3 Å². The van der Waals surface area contributed by atoms with Gasteiger partial charge in [0.1, 0.15) is 5.75 Å². The van der Waals surface area contributed by atoms with Crippen LogP contribution in [0.25, 0.3) is 0 Å². The first kappa shape index (κ1) is 22.2. The minimum absolute atomic E-state index is 0.0136. The van der Waals surface area contributed by atoms with E-state index in [1.807, 2.05) is 26.0 Å². The molecule has 29 heavy (non-hydrogen) atoms. The monoisotopic (exact) mass is 417 g/mol. The maximum absolute atomic E-state index is 12.0. The van der Waals surface area contributed by atoms with Crippen molar-refractivity contribution in [3.8, 4) is 5.75 Å². The number of halogens is 1. The van der Waals surface area contributed by atoms with Gasteiger partial charge in [0.15, 0.2) is 6.10 Å². The van der Waals surface area contributed by atoms with Gasteiger partial charge in [-0.15, -0.1) is 0 Å². The highest BCUT2D eigenvalue weighted by Gasteiger charge is 2.17. The van der Waals surface area contributed by atoms with E-state index in [4.69, 9.17) is 16.3 Å². The molecule has 0 aliphatic heterocycles. The Bertz CT molecular complexity index is 901. The molecule has 3 N–H and O–H groups in total. The van der Waals surface area contributed by atoms with Gasteiger partial charge in [0.2, 0.25) is 11.8 Å².